The molecule has 8 nitrogen and oxygen atoms in total. The largest absolute Gasteiger partial charge is 0.504 e. The van der Waals surface area contributed by atoms with Gasteiger partial charge >= 0.3 is 11.9 Å². The van der Waals surface area contributed by atoms with Crippen molar-refractivity contribution in [1.82, 2.24) is 0 Å². The zero-order valence-corrected chi connectivity index (χ0v) is 21.1. The van der Waals surface area contributed by atoms with Crippen molar-refractivity contribution in [2.75, 3.05) is 14.2 Å². The van der Waals surface area contributed by atoms with Crippen LogP contribution in [0, 0.1) is 0 Å². The molecule has 0 heterocycles. The van der Waals surface area contributed by atoms with Gasteiger partial charge in [0.15, 0.2) is 23.0 Å². The third-order valence-corrected chi connectivity index (χ3v) is 6.40. The molecule has 8 heteroatoms. The van der Waals surface area contributed by atoms with E-state index in [0.29, 0.717) is 28.7 Å². The second-order valence-corrected chi connectivity index (χ2v) is 8.85. The number of rotatable bonds is 6. The molecule has 0 unspecified atom stereocenters. The molecule has 3 aliphatic carbocycles. The summed E-state index contributed by atoms with van der Waals surface area (Å²) in [6, 6.07) is 21.1. The lowest BCUT2D eigenvalue weighted by atomic mass is 9.86. The Balaban J connectivity index is 1.44. The predicted octanol–water partition coefficient (Wildman–Crippen LogP) is 5.40. The van der Waals surface area contributed by atoms with Crippen LogP contribution >= 0.6 is 0 Å². The van der Waals surface area contributed by atoms with Gasteiger partial charge in [0.2, 0.25) is 0 Å². The van der Waals surface area contributed by atoms with Crippen LogP contribution < -0.4 is 9.47 Å². The molecule has 39 heavy (non-hydrogen) atoms. The molecule has 0 spiro atoms. The minimum Gasteiger partial charge on any atom is -0.504 e. The molecule has 0 atom stereocenters. The van der Waals surface area contributed by atoms with E-state index in [0.717, 1.165) is 22.8 Å². The maximum absolute atomic E-state index is 13.4. The average Bonchev–Trinajstić information content (AvgIpc) is 3.31. The molecule has 3 aliphatic rings. The van der Waals surface area contributed by atoms with E-state index in [2.05, 4.69) is 6.07 Å². The Hall–Kier alpha value is -5.24. The molecule has 0 saturated carbocycles. The molecule has 5 rings (SSSR count). The number of aromatic hydroxyl groups is 2. The first-order valence-electron chi connectivity index (χ1n) is 12.0. The van der Waals surface area contributed by atoms with Gasteiger partial charge in [-0.05, 0) is 81.8 Å². The summed E-state index contributed by atoms with van der Waals surface area (Å²) in [6.45, 7) is 0. The molecule has 2 N–H and O–H groups in total. The lowest BCUT2D eigenvalue weighted by molar-refractivity contribution is -0.249. The first kappa shape index (κ1) is 25.4. The number of carbonyl (C=O) groups excluding carboxylic acids is 2. The fraction of sp³-hybridized carbons (Fsp3) is 0.0968. The first-order chi connectivity index (χ1) is 18.9. The Labute approximate surface area is 224 Å². The number of hydrogen-bond acceptors (Lipinski definition) is 8. The zero-order chi connectivity index (χ0) is 27.5. The second-order valence-electron chi connectivity index (χ2n) is 8.85. The number of phenolic OH excluding ortho intramolecular Hbond substituents is 2. The van der Waals surface area contributed by atoms with Gasteiger partial charge in [-0.1, -0.05) is 42.5 Å². The minimum atomic E-state index is -0.905. The highest BCUT2D eigenvalue weighted by molar-refractivity contribution is 6.25. The topological polar surface area (TPSA) is 112 Å². The predicted molar refractivity (Wildman–Crippen MR) is 144 cm³/mol. The number of benzene rings is 2. The smallest absolute Gasteiger partial charge is 0.387 e. The van der Waals surface area contributed by atoms with E-state index in [1.807, 2.05) is 30.3 Å². The highest BCUT2D eigenvalue weighted by Crippen LogP contribution is 2.40. The number of fused-ring (bicyclic) bond motifs is 3. The van der Waals surface area contributed by atoms with Crippen molar-refractivity contribution in [3.63, 3.8) is 0 Å². The van der Waals surface area contributed by atoms with E-state index in [4.69, 9.17) is 19.2 Å². The Morgan fingerprint density at radius 1 is 0.744 bits per heavy atom. The van der Waals surface area contributed by atoms with Gasteiger partial charge in [0.25, 0.3) is 0 Å². The summed E-state index contributed by atoms with van der Waals surface area (Å²) in [5.74, 6) is -1.32. The monoisotopic (exact) mass is 524 g/mol. The van der Waals surface area contributed by atoms with E-state index in [1.165, 1.54) is 38.5 Å². The summed E-state index contributed by atoms with van der Waals surface area (Å²) >= 11 is 0. The number of allylic oxidation sites excluding steroid dienone is 1. The van der Waals surface area contributed by atoms with Gasteiger partial charge in [-0.3, -0.25) is 0 Å². The molecule has 0 aliphatic heterocycles. The summed E-state index contributed by atoms with van der Waals surface area (Å²) in [5.41, 5.74) is 5.62. The molecule has 0 fully saturated rings. The molecule has 0 radical (unpaired) electrons. The van der Waals surface area contributed by atoms with Crippen LogP contribution in [0.2, 0.25) is 0 Å². The van der Waals surface area contributed by atoms with E-state index in [9.17, 15) is 19.8 Å². The van der Waals surface area contributed by atoms with Crippen molar-refractivity contribution < 1.29 is 39.1 Å². The van der Waals surface area contributed by atoms with Gasteiger partial charge in [-0.2, -0.15) is 0 Å². The number of ether oxygens (including phenoxy) is 2. The van der Waals surface area contributed by atoms with Crippen molar-refractivity contribution in [3.05, 3.63) is 101 Å². The Bertz CT molecular complexity index is 1610. The van der Waals surface area contributed by atoms with Crippen LogP contribution in [0.25, 0.3) is 28.3 Å². The van der Waals surface area contributed by atoms with Crippen LogP contribution in [0.1, 0.15) is 22.3 Å². The molecule has 2 aromatic carbocycles. The van der Waals surface area contributed by atoms with Gasteiger partial charge in [0, 0.05) is 6.08 Å². The lowest BCUT2D eigenvalue weighted by Crippen LogP contribution is -2.15. The van der Waals surface area contributed by atoms with Gasteiger partial charge in [0.1, 0.15) is 0 Å². The van der Waals surface area contributed by atoms with Gasteiger partial charge in [-0.25, -0.2) is 19.4 Å². The molecular weight excluding hydrogens is 500 g/mol. The highest BCUT2D eigenvalue weighted by atomic mass is 17.2. The van der Waals surface area contributed by atoms with Crippen LogP contribution in [0.3, 0.4) is 0 Å². The first-order valence-corrected chi connectivity index (χ1v) is 12.0. The standard InChI is InChI=1S/C31H24O8/c1-36-27-15-18(6-9-25(27)32)7-11-29(34)38-39-31(35)30-23-13-19(12-20-4-3-5-21(20)16-23)14-24(30)22-8-10-26(33)28(17-22)37-2/h3-13,15-17,32-33H,14H2,1-2H3/b11-7+. The zero-order valence-electron chi connectivity index (χ0n) is 21.1. The molecule has 2 aromatic rings. The van der Waals surface area contributed by atoms with Crippen LogP contribution in [0.5, 0.6) is 23.0 Å². The maximum Gasteiger partial charge on any atom is 0.387 e. The summed E-state index contributed by atoms with van der Waals surface area (Å²) in [7, 11) is 2.86. The third-order valence-electron chi connectivity index (χ3n) is 6.40. The Kier molecular flexibility index (Phi) is 6.93. The van der Waals surface area contributed by atoms with E-state index >= 15 is 0 Å². The van der Waals surface area contributed by atoms with E-state index in [-0.39, 0.29) is 28.6 Å². The SMILES string of the molecule is COc1cc(/C=C/C(=O)OOC(=O)C2=C(c3ccc(O)c(OC)c3)Cc3cc2cc2cccc-2c3)ccc1O. The van der Waals surface area contributed by atoms with Crippen molar-refractivity contribution in [2.45, 2.75) is 6.42 Å². The summed E-state index contributed by atoms with van der Waals surface area (Å²) in [5, 5.41) is 19.8. The molecular formula is C31H24O8. The van der Waals surface area contributed by atoms with Crippen molar-refractivity contribution in [2.24, 2.45) is 0 Å². The number of hydrogen-bond donors (Lipinski definition) is 2. The van der Waals surface area contributed by atoms with Crippen LogP contribution in [0.15, 0.2) is 78.9 Å². The van der Waals surface area contributed by atoms with Gasteiger partial charge in [-0.15, -0.1) is 0 Å². The van der Waals surface area contributed by atoms with Crippen LogP contribution in [-0.4, -0.2) is 36.4 Å². The number of phenols is 2. The molecule has 0 aromatic heterocycles. The maximum atomic E-state index is 13.4. The van der Waals surface area contributed by atoms with Crippen molar-refractivity contribution in [3.8, 4) is 34.1 Å². The molecule has 0 amide bonds. The summed E-state index contributed by atoms with van der Waals surface area (Å²) < 4.78 is 10.3. The number of methoxy groups -OCH3 is 2. The minimum absolute atomic E-state index is 0.0310. The lowest BCUT2D eigenvalue weighted by Gasteiger charge is -2.19. The highest BCUT2D eigenvalue weighted by Gasteiger charge is 2.27. The van der Waals surface area contributed by atoms with E-state index in [1.54, 1.807) is 18.2 Å². The Morgan fingerprint density at radius 2 is 1.41 bits per heavy atom. The second kappa shape index (κ2) is 10.6. The van der Waals surface area contributed by atoms with Gasteiger partial charge in [0.05, 0.1) is 19.8 Å². The third kappa shape index (κ3) is 5.26. The average molecular weight is 525 g/mol. The summed E-state index contributed by atoms with van der Waals surface area (Å²) in [4.78, 5) is 35.5. The fourth-order valence-corrected chi connectivity index (χ4v) is 4.54. The van der Waals surface area contributed by atoms with Crippen LogP contribution in [-0.2, 0) is 25.8 Å². The van der Waals surface area contributed by atoms with Gasteiger partial charge < -0.3 is 19.7 Å². The van der Waals surface area contributed by atoms with Crippen LogP contribution in [0.4, 0.5) is 0 Å². The molecule has 196 valence electrons. The molecule has 2 bridgehead atoms. The number of carbonyl (C=O) groups is 2. The quantitative estimate of drug-likeness (QED) is 0.196. The van der Waals surface area contributed by atoms with Crippen molar-refractivity contribution in [1.29, 1.82) is 0 Å². The Morgan fingerprint density at radius 3 is 2.15 bits per heavy atom. The molecule has 0 saturated heterocycles. The summed E-state index contributed by atoms with van der Waals surface area (Å²) in [6.07, 6.45) is 2.92. The fourth-order valence-electron chi connectivity index (χ4n) is 4.54. The van der Waals surface area contributed by atoms with Crippen molar-refractivity contribution >= 4 is 29.2 Å². The van der Waals surface area contributed by atoms with E-state index < -0.39 is 11.9 Å². The normalized spacial score (nSPS) is 12.5.